The molecule has 2 aromatic rings. The van der Waals surface area contributed by atoms with Gasteiger partial charge in [-0.1, -0.05) is 23.7 Å². The van der Waals surface area contributed by atoms with Gasteiger partial charge in [-0.3, -0.25) is 14.4 Å². The summed E-state index contributed by atoms with van der Waals surface area (Å²) < 4.78 is 0. The quantitative estimate of drug-likeness (QED) is 0.573. The van der Waals surface area contributed by atoms with E-state index in [4.69, 9.17) is 16.9 Å². The van der Waals surface area contributed by atoms with Crippen LogP contribution in [0.3, 0.4) is 0 Å². The van der Waals surface area contributed by atoms with E-state index in [0.29, 0.717) is 11.3 Å². The van der Waals surface area contributed by atoms with Crippen molar-refractivity contribution in [3.8, 4) is 6.07 Å². The molecule has 2 saturated heterocycles. The lowest BCUT2D eigenvalue weighted by Crippen LogP contribution is -2.43. The second-order valence-corrected chi connectivity index (χ2v) is 6.98. The van der Waals surface area contributed by atoms with Crippen molar-refractivity contribution in [1.29, 1.82) is 5.26 Å². The molecular formula is C20H13ClN4O4. The maximum Gasteiger partial charge on any atom is 0.339 e. The molecule has 9 heteroatoms. The lowest BCUT2D eigenvalue weighted by Gasteiger charge is -2.22. The molecule has 0 aliphatic carbocycles. The topological polar surface area (TPSA) is 102 Å². The van der Waals surface area contributed by atoms with Gasteiger partial charge in [-0.2, -0.15) is 5.26 Å². The third kappa shape index (κ3) is 3.02. The molecule has 4 rings (SSSR count). The number of carbonyl (C=O) groups excluding carboxylic acids is 4. The molecule has 2 fully saturated rings. The molecule has 5 amide bonds. The normalized spacial score (nSPS) is 19.3. The second kappa shape index (κ2) is 7.04. The number of urea groups is 1. The van der Waals surface area contributed by atoms with Gasteiger partial charge in [0.1, 0.15) is 0 Å². The molecule has 2 aromatic carbocycles. The molecule has 0 bridgehead atoms. The highest BCUT2D eigenvalue weighted by Crippen LogP contribution is 2.32. The standard InChI is InChI=1S/C20H13ClN4O4/c21-15-3-1-2-4-16(15)25-19(28)18(27)24(20(25)29)14-9-17(26)23(11-14)13-7-5-12(10-22)6-8-13/h1-8,14H,9,11H2. The highest BCUT2D eigenvalue weighted by molar-refractivity contribution is 6.54. The van der Waals surface area contributed by atoms with Crippen molar-refractivity contribution in [3.05, 3.63) is 59.1 Å². The zero-order chi connectivity index (χ0) is 20.7. The zero-order valence-corrected chi connectivity index (χ0v) is 15.7. The van der Waals surface area contributed by atoms with Crippen LogP contribution in [0, 0.1) is 11.3 Å². The summed E-state index contributed by atoms with van der Waals surface area (Å²) in [6.45, 7) is 0.0614. The van der Waals surface area contributed by atoms with E-state index in [1.165, 1.54) is 17.0 Å². The molecule has 0 aromatic heterocycles. The van der Waals surface area contributed by atoms with Crippen molar-refractivity contribution in [2.24, 2.45) is 0 Å². The number of amides is 5. The fourth-order valence-electron chi connectivity index (χ4n) is 3.47. The first-order valence-corrected chi connectivity index (χ1v) is 9.07. The molecule has 29 heavy (non-hydrogen) atoms. The third-order valence-corrected chi connectivity index (χ3v) is 5.19. The average molecular weight is 409 g/mol. The van der Waals surface area contributed by atoms with E-state index in [1.807, 2.05) is 6.07 Å². The predicted octanol–water partition coefficient (Wildman–Crippen LogP) is 2.31. The van der Waals surface area contributed by atoms with Gasteiger partial charge in [-0.25, -0.2) is 14.6 Å². The van der Waals surface area contributed by atoms with Crippen LogP contribution in [0.1, 0.15) is 12.0 Å². The molecule has 0 N–H and O–H groups in total. The summed E-state index contributed by atoms with van der Waals surface area (Å²) in [5.74, 6) is -2.29. The Kier molecular flexibility index (Phi) is 4.53. The summed E-state index contributed by atoms with van der Waals surface area (Å²) in [5, 5.41) is 9.05. The molecule has 144 valence electrons. The van der Waals surface area contributed by atoms with Crippen LogP contribution in [0.2, 0.25) is 5.02 Å². The molecular weight excluding hydrogens is 396 g/mol. The van der Waals surface area contributed by atoms with Crippen molar-refractivity contribution in [1.82, 2.24) is 4.90 Å². The Morgan fingerprint density at radius 2 is 1.66 bits per heavy atom. The number of rotatable bonds is 3. The van der Waals surface area contributed by atoms with Gasteiger partial charge < -0.3 is 4.90 Å². The maximum absolute atomic E-state index is 12.9. The van der Waals surface area contributed by atoms with Crippen molar-refractivity contribution in [2.75, 3.05) is 16.3 Å². The lowest BCUT2D eigenvalue weighted by molar-refractivity contribution is -0.140. The Morgan fingerprint density at radius 3 is 2.31 bits per heavy atom. The van der Waals surface area contributed by atoms with Crippen molar-refractivity contribution >= 4 is 46.7 Å². The maximum atomic E-state index is 12.9. The Labute approximate surface area is 170 Å². The van der Waals surface area contributed by atoms with Crippen molar-refractivity contribution < 1.29 is 19.2 Å². The summed E-state index contributed by atoms with van der Waals surface area (Å²) >= 11 is 6.08. The number of nitrogens with zero attached hydrogens (tertiary/aromatic N) is 4. The third-order valence-electron chi connectivity index (χ3n) is 4.87. The van der Waals surface area contributed by atoms with Crippen molar-refractivity contribution in [3.63, 3.8) is 0 Å². The largest absolute Gasteiger partial charge is 0.339 e. The number of imide groups is 2. The van der Waals surface area contributed by atoms with E-state index in [0.717, 1.165) is 9.80 Å². The fourth-order valence-corrected chi connectivity index (χ4v) is 3.70. The Morgan fingerprint density at radius 1 is 0.966 bits per heavy atom. The first-order chi connectivity index (χ1) is 13.9. The number of hydrogen-bond acceptors (Lipinski definition) is 5. The monoisotopic (exact) mass is 408 g/mol. The first-order valence-electron chi connectivity index (χ1n) is 8.69. The number of carbonyl (C=O) groups is 4. The molecule has 0 spiro atoms. The number of nitriles is 1. The average Bonchev–Trinajstić information content (AvgIpc) is 3.20. The fraction of sp³-hybridized carbons (Fsp3) is 0.150. The Balaban J connectivity index is 1.60. The van der Waals surface area contributed by atoms with E-state index < -0.39 is 23.9 Å². The van der Waals surface area contributed by atoms with Gasteiger partial charge in [-0.15, -0.1) is 0 Å². The summed E-state index contributed by atoms with van der Waals surface area (Å²) in [7, 11) is 0. The van der Waals surface area contributed by atoms with E-state index in [2.05, 4.69) is 0 Å². The minimum atomic E-state index is -1.01. The van der Waals surface area contributed by atoms with Crippen LogP contribution in [-0.2, 0) is 14.4 Å². The summed E-state index contributed by atoms with van der Waals surface area (Å²) in [6.07, 6.45) is -0.0961. The molecule has 0 saturated carbocycles. The van der Waals surface area contributed by atoms with Gasteiger partial charge in [0.05, 0.1) is 28.4 Å². The number of para-hydroxylation sites is 1. The SMILES string of the molecule is N#Cc1ccc(N2CC(N3C(=O)C(=O)N(c4ccccc4Cl)C3=O)CC2=O)cc1. The van der Waals surface area contributed by atoms with Crippen LogP contribution in [-0.4, -0.2) is 41.2 Å². The highest BCUT2D eigenvalue weighted by atomic mass is 35.5. The molecule has 8 nitrogen and oxygen atoms in total. The Bertz CT molecular complexity index is 1090. The van der Waals surface area contributed by atoms with E-state index in [1.54, 1.807) is 36.4 Å². The van der Waals surface area contributed by atoms with E-state index >= 15 is 0 Å². The number of hydrogen-bond donors (Lipinski definition) is 0. The first kappa shape index (κ1) is 18.7. The van der Waals surface area contributed by atoms with Gasteiger partial charge >= 0.3 is 17.8 Å². The summed E-state index contributed by atoms with van der Waals surface area (Å²) in [5.41, 5.74) is 1.11. The van der Waals surface area contributed by atoms with Gasteiger partial charge in [0.15, 0.2) is 0 Å². The van der Waals surface area contributed by atoms with Crippen LogP contribution in [0.4, 0.5) is 16.2 Å². The zero-order valence-electron chi connectivity index (χ0n) is 14.9. The van der Waals surface area contributed by atoms with Crippen molar-refractivity contribution in [2.45, 2.75) is 12.5 Å². The minimum absolute atomic E-state index is 0.0614. The number of halogens is 1. The molecule has 2 aliphatic rings. The van der Waals surface area contributed by atoms with E-state index in [-0.39, 0.29) is 29.6 Å². The van der Waals surface area contributed by atoms with E-state index in [9.17, 15) is 19.2 Å². The minimum Gasteiger partial charge on any atom is -0.310 e. The van der Waals surface area contributed by atoms with Gasteiger partial charge in [0.2, 0.25) is 5.91 Å². The van der Waals surface area contributed by atoms with Crippen LogP contribution < -0.4 is 9.80 Å². The van der Waals surface area contributed by atoms with Gasteiger partial charge in [-0.05, 0) is 36.4 Å². The smallest absolute Gasteiger partial charge is 0.310 e. The van der Waals surface area contributed by atoms with Gasteiger partial charge in [0.25, 0.3) is 0 Å². The number of anilines is 2. The number of benzene rings is 2. The highest BCUT2D eigenvalue weighted by Gasteiger charge is 2.51. The van der Waals surface area contributed by atoms with Crippen LogP contribution in [0.25, 0.3) is 0 Å². The van der Waals surface area contributed by atoms with Gasteiger partial charge in [0, 0.05) is 18.7 Å². The van der Waals surface area contributed by atoms with Crippen LogP contribution >= 0.6 is 11.6 Å². The molecule has 1 atom stereocenters. The summed E-state index contributed by atoms with van der Waals surface area (Å²) in [4.78, 5) is 53.4. The van der Waals surface area contributed by atoms with Crippen LogP contribution in [0.15, 0.2) is 48.5 Å². The van der Waals surface area contributed by atoms with Crippen LogP contribution in [0.5, 0.6) is 0 Å². The molecule has 2 aliphatic heterocycles. The lowest BCUT2D eigenvalue weighted by atomic mass is 10.2. The predicted molar refractivity (Wildman–Crippen MR) is 103 cm³/mol. The molecule has 1 unspecified atom stereocenters. The summed E-state index contributed by atoms with van der Waals surface area (Å²) in [6, 6.07) is 13.0. The Hall–Kier alpha value is -3.70. The molecule has 0 radical (unpaired) electrons. The molecule has 2 heterocycles. The second-order valence-electron chi connectivity index (χ2n) is 6.57.